The molecule has 0 aliphatic carbocycles. The summed E-state index contributed by atoms with van der Waals surface area (Å²) in [6, 6.07) is 5.02. The zero-order valence-electron chi connectivity index (χ0n) is 10.7. The number of rotatable bonds is 5. The lowest BCUT2D eigenvalue weighted by molar-refractivity contribution is -0.137. The number of aliphatic hydroxyl groups is 1. The molecule has 1 atom stereocenters. The van der Waals surface area contributed by atoms with Crippen LogP contribution in [0.2, 0.25) is 0 Å². The van der Waals surface area contributed by atoms with Crippen molar-refractivity contribution in [1.29, 1.82) is 0 Å². The van der Waals surface area contributed by atoms with Gasteiger partial charge in [-0.25, -0.2) is 0 Å². The second-order valence-electron chi connectivity index (χ2n) is 4.70. The highest BCUT2D eigenvalue weighted by atomic mass is 19.4. The maximum absolute atomic E-state index is 12.4. The van der Waals surface area contributed by atoms with Crippen LogP contribution in [0.5, 0.6) is 0 Å². The number of benzene rings is 1. The van der Waals surface area contributed by atoms with Gasteiger partial charge in [-0.1, -0.05) is 32.4 Å². The molecule has 0 aliphatic heterocycles. The molecule has 0 fully saturated rings. The Kier molecular flexibility index (Phi) is 4.79. The molecule has 0 aliphatic rings. The molecule has 1 nitrogen and oxygen atoms in total. The van der Waals surface area contributed by atoms with Gasteiger partial charge in [0, 0.05) is 6.42 Å². The molecule has 0 radical (unpaired) electrons. The predicted octanol–water partition coefficient (Wildman–Crippen LogP) is 4.19. The summed E-state index contributed by atoms with van der Waals surface area (Å²) in [7, 11) is 0. The monoisotopic (exact) mass is 260 g/mol. The topological polar surface area (TPSA) is 20.2 Å². The molecule has 0 spiro atoms. The molecule has 1 aromatic rings. The minimum atomic E-state index is -4.30. The minimum Gasteiger partial charge on any atom is -0.390 e. The van der Waals surface area contributed by atoms with E-state index in [0.717, 1.165) is 24.1 Å². The summed E-state index contributed by atoms with van der Waals surface area (Å²) in [5, 5.41) is 10.3. The van der Waals surface area contributed by atoms with Crippen LogP contribution in [0.4, 0.5) is 13.2 Å². The van der Waals surface area contributed by atoms with Gasteiger partial charge in [0.25, 0.3) is 0 Å². The van der Waals surface area contributed by atoms with Gasteiger partial charge >= 0.3 is 6.18 Å². The van der Waals surface area contributed by atoms with Crippen molar-refractivity contribution < 1.29 is 18.3 Å². The summed E-state index contributed by atoms with van der Waals surface area (Å²) in [6.07, 6.45) is -1.80. The fraction of sp³-hybridized carbons (Fsp3) is 0.571. The highest BCUT2D eigenvalue weighted by molar-refractivity contribution is 5.25. The zero-order valence-corrected chi connectivity index (χ0v) is 10.7. The zero-order chi connectivity index (χ0) is 13.8. The molecule has 0 aromatic heterocycles. The molecular formula is C14H19F3O. The van der Waals surface area contributed by atoms with Gasteiger partial charge in [-0.2, -0.15) is 13.2 Å². The van der Waals surface area contributed by atoms with E-state index in [9.17, 15) is 18.3 Å². The van der Waals surface area contributed by atoms with E-state index in [-0.39, 0.29) is 0 Å². The van der Waals surface area contributed by atoms with Crippen molar-refractivity contribution in [2.45, 2.75) is 51.3 Å². The molecule has 0 bridgehead atoms. The predicted molar refractivity (Wildman–Crippen MR) is 65.3 cm³/mol. The van der Waals surface area contributed by atoms with Gasteiger partial charge in [-0.3, -0.25) is 0 Å². The third kappa shape index (κ3) is 4.02. The first-order valence-corrected chi connectivity index (χ1v) is 6.19. The van der Waals surface area contributed by atoms with Crippen LogP contribution in [0.3, 0.4) is 0 Å². The van der Waals surface area contributed by atoms with E-state index in [4.69, 9.17) is 0 Å². The van der Waals surface area contributed by atoms with Crippen molar-refractivity contribution in [3.8, 4) is 0 Å². The van der Waals surface area contributed by atoms with E-state index in [1.54, 1.807) is 0 Å². The molecule has 0 saturated carbocycles. The fourth-order valence-electron chi connectivity index (χ4n) is 2.05. The fourth-order valence-corrected chi connectivity index (χ4v) is 2.05. The quantitative estimate of drug-likeness (QED) is 0.841. The van der Waals surface area contributed by atoms with Crippen LogP contribution in [0, 0.1) is 0 Å². The summed E-state index contributed by atoms with van der Waals surface area (Å²) in [5.41, 5.74) is -0.725. The average molecular weight is 260 g/mol. The Labute approximate surface area is 106 Å². The third-order valence-electron chi connectivity index (χ3n) is 3.19. The van der Waals surface area contributed by atoms with Crippen LogP contribution in [0.25, 0.3) is 0 Å². The summed E-state index contributed by atoms with van der Waals surface area (Å²) in [5.74, 6) is 0. The summed E-state index contributed by atoms with van der Waals surface area (Å²) < 4.78 is 37.2. The molecular weight excluding hydrogens is 241 g/mol. The Bertz CT molecular complexity index is 370. The number of halogens is 3. The normalized spacial score (nSPS) is 15.4. The summed E-state index contributed by atoms with van der Waals surface area (Å²) in [4.78, 5) is 0. The standard InChI is InChI=1S/C14H19F3O/c1-3-9-13(18,4-2)10-11-5-7-12(8-6-11)14(15,16)17/h5-8,18H,3-4,9-10H2,1-2H3. The Hall–Kier alpha value is -1.03. The van der Waals surface area contributed by atoms with Crippen LogP contribution in [0.1, 0.15) is 44.2 Å². The Morgan fingerprint density at radius 2 is 1.61 bits per heavy atom. The molecule has 4 heteroatoms. The van der Waals surface area contributed by atoms with Crippen molar-refractivity contribution in [3.05, 3.63) is 35.4 Å². The van der Waals surface area contributed by atoms with Crippen LogP contribution in [-0.4, -0.2) is 10.7 Å². The molecule has 1 unspecified atom stereocenters. The van der Waals surface area contributed by atoms with Crippen molar-refractivity contribution in [1.82, 2.24) is 0 Å². The third-order valence-corrected chi connectivity index (χ3v) is 3.19. The Balaban J connectivity index is 2.80. The van der Waals surface area contributed by atoms with Gasteiger partial charge in [-0.15, -0.1) is 0 Å². The summed E-state index contributed by atoms with van der Waals surface area (Å²) >= 11 is 0. The van der Waals surface area contributed by atoms with Crippen LogP contribution < -0.4 is 0 Å². The Morgan fingerprint density at radius 1 is 1.06 bits per heavy atom. The van der Waals surface area contributed by atoms with Crippen LogP contribution in [0.15, 0.2) is 24.3 Å². The van der Waals surface area contributed by atoms with E-state index in [2.05, 4.69) is 0 Å². The van der Waals surface area contributed by atoms with Crippen molar-refractivity contribution in [2.24, 2.45) is 0 Å². The highest BCUT2D eigenvalue weighted by Crippen LogP contribution is 2.30. The lowest BCUT2D eigenvalue weighted by Gasteiger charge is -2.26. The highest BCUT2D eigenvalue weighted by Gasteiger charge is 2.30. The average Bonchev–Trinajstić information content (AvgIpc) is 2.29. The van der Waals surface area contributed by atoms with Gasteiger partial charge in [0.1, 0.15) is 0 Å². The molecule has 1 aromatic carbocycles. The van der Waals surface area contributed by atoms with Crippen molar-refractivity contribution in [2.75, 3.05) is 0 Å². The SMILES string of the molecule is CCCC(O)(CC)Cc1ccc(C(F)(F)F)cc1. The van der Waals surface area contributed by atoms with Gasteiger partial charge in [-0.05, 0) is 30.5 Å². The van der Waals surface area contributed by atoms with E-state index in [1.165, 1.54) is 12.1 Å². The second kappa shape index (κ2) is 5.74. The maximum Gasteiger partial charge on any atom is 0.416 e. The van der Waals surface area contributed by atoms with Crippen molar-refractivity contribution in [3.63, 3.8) is 0 Å². The van der Waals surface area contributed by atoms with E-state index in [0.29, 0.717) is 19.3 Å². The number of alkyl halides is 3. The first-order chi connectivity index (χ1) is 8.30. The second-order valence-corrected chi connectivity index (χ2v) is 4.70. The molecule has 18 heavy (non-hydrogen) atoms. The van der Waals surface area contributed by atoms with Crippen LogP contribution >= 0.6 is 0 Å². The van der Waals surface area contributed by atoms with E-state index >= 15 is 0 Å². The number of hydrogen-bond acceptors (Lipinski definition) is 1. The smallest absolute Gasteiger partial charge is 0.390 e. The molecule has 0 heterocycles. The van der Waals surface area contributed by atoms with Crippen LogP contribution in [-0.2, 0) is 12.6 Å². The largest absolute Gasteiger partial charge is 0.416 e. The lowest BCUT2D eigenvalue weighted by Crippen LogP contribution is -2.30. The van der Waals surface area contributed by atoms with Gasteiger partial charge in [0.05, 0.1) is 11.2 Å². The molecule has 1 N–H and O–H groups in total. The van der Waals surface area contributed by atoms with E-state index < -0.39 is 17.3 Å². The molecule has 1 rings (SSSR count). The van der Waals surface area contributed by atoms with Crippen molar-refractivity contribution >= 4 is 0 Å². The maximum atomic E-state index is 12.4. The molecule has 102 valence electrons. The van der Waals surface area contributed by atoms with Gasteiger partial charge in [0.2, 0.25) is 0 Å². The minimum absolute atomic E-state index is 0.398. The lowest BCUT2D eigenvalue weighted by atomic mass is 9.87. The van der Waals surface area contributed by atoms with Gasteiger partial charge < -0.3 is 5.11 Å². The first-order valence-electron chi connectivity index (χ1n) is 6.19. The molecule has 0 saturated heterocycles. The summed E-state index contributed by atoms with van der Waals surface area (Å²) in [6.45, 7) is 3.87. The molecule has 0 amide bonds. The van der Waals surface area contributed by atoms with Gasteiger partial charge in [0.15, 0.2) is 0 Å². The Morgan fingerprint density at radius 3 is 2.00 bits per heavy atom. The number of hydrogen-bond donors (Lipinski definition) is 1. The first kappa shape index (κ1) is 15.0. The van der Waals surface area contributed by atoms with E-state index in [1.807, 2.05) is 13.8 Å².